The smallest absolute Gasteiger partial charge is 0.125 e. The molecule has 4 nitrogen and oxygen atoms in total. The van der Waals surface area contributed by atoms with E-state index in [4.69, 9.17) is 5.26 Å². The molecule has 1 aliphatic heterocycles. The maximum atomic E-state index is 13.3. The molecule has 1 atom stereocenters. The lowest BCUT2D eigenvalue weighted by Crippen LogP contribution is -2.36. The van der Waals surface area contributed by atoms with E-state index in [0.29, 0.717) is 18.8 Å². The van der Waals surface area contributed by atoms with Crippen molar-refractivity contribution < 1.29 is 4.39 Å². The molecule has 1 aromatic heterocycles. The molecule has 0 N–H and O–H groups in total. The van der Waals surface area contributed by atoms with Gasteiger partial charge in [0.05, 0.1) is 33.3 Å². The zero-order chi connectivity index (χ0) is 16.9. The molecule has 1 fully saturated rings. The highest BCUT2D eigenvalue weighted by Crippen LogP contribution is 2.34. The number of piperidine rings is 1. The van der Waals surface area contributed by atoms with Crippen LogP contribution >= 0.6 is 11.3 Å². The van der Waals surface area contributed by atoms with Gasteiger partial charge in [0.15, 0.2) is 0 Å². The Kier molecular flexibility index (Phi) is 5.40. The summed E-state index contributed by atoms with van der Waals surface area (Å²) < 4.78 is 14.3. The van der Waals surface area contributed by atoms with Crippen LogP contribution in [0.5, 0.6) is 0 Å². The van der Waals surface area contributed by atoms with Gasteiger partial charge in [0.25, 0.3) is 0 Å². The lowest BCUT2D eigenvalue weighted by atomic mass is 9.96. The standard InChI is InChI=1S/C18H19FN4S/c19-15-3-4-17-16(10-15)22-18(24-17)14-5-8-23(9-6-14)12-13(11-21)2-1-7-20/h3-4,10,13-14H,1-2,5-6,8-9,12H2. The minimum absolute atomic E-state index is 0.0633. The van der Waals surface area contributed by atoms with Crippen LogP contribution in [0.25, 0.3) is 10.2 Å². The van der Waals surface area contributed by atoms with Gasteiger partial charge in [-0.25, -0.2) is 9.37 Å². The van der Waals surface area contributed by atoms with Crippen molar-refractivity contribution in [2.75, 3.05) is 19.6 Å². The molecule has 0 spiro atoms. The predicted molar refractivity (Wildman–Crippen MR) is 91.9 cm³/mol. The number of hydrogen-bond acceptors (Lipinski definition) is 5. The van der Waals surface area contributed by atoms with Gasteiger partial charge in [-0.2, -0.15) is 10.5 Å². The molecule has 1 aromatic carbocycles. The van der Waals surface area contributed by atoms with Crippen molar-refractivity contribution in [2.45, 2.75) is 31.6 Å². The Morgan fingerprint density at radius 2 is 2.12 bits per heavy atom. The fraction of sp³-hybridized carbons (Fsp3) is 0.500. The van der Waals surface area contributed by atoms with Gasteiger partial charge in [0, 0.05) is 24.9 Å². The maximum Gasteiger partial charge on any atom is 0.125 e. The Hall–Kier alpha value is -2.02. The summed E-state index contributed by atoms with van der Waals surface area (Å²) in [5.74, 6) is 0.113. The highest BCUT2D eigenvalue weighted by atomic mass is 32.1. The van der Waals surface area contributed by atoms with Gasteiger partial charge < -0.3 is 4.90 Å². The number of halogens is 1. The highest BCUT2D eigenvalue weighted by molar-refractivity contribution is 7.18. The van der Waals surface area contributed by atoms with Crippen molar-refractivity contribution >= 4 is 21.6 Å². The molecule has 1 saturated heterocycles. The molecule has 0 saturated carbocycles. The van der Waals surface area contributed by atoms with E-state index >= 15 is 0 Å². The van der Waals surface area contributed by atoms with Crippen molar-refractivity contribution in [3.05, 3.63) is 29.0 Å². The molecule has 24 heavy (non-hydrogen) atoms. The van der Waals surface area contributed by atoms with Crippen LogP contribution in [0, 0.1) is 34.4 Å². The van der Waals surface area contributed by atoms with Crippen molar-refractivity contribution in [3.63, 3.8) is 0 Å². The number of nitrogens with zero attached hydrogens (tertiary/aromatic N) is 4. The number of thiazole rings is 1. The second-order valence-electron chi connectivity index (χ2n) is 6.26. The molecule has 0 bridgehead atoms. The molecule has 0 aliphatic carbocycles. The van der Waals surface area contributed by atoms with E-state index < -0.39 is 0 Å². The zero-order valence-electron chi connectivity index (χ0n) is 13.4. The van der Waals surface area contributed by atoms with E-state index in [-0.39, 0.29) is 11.7 Å². The van der Waals surface area contributed by atoms with Gasteiger partial charge in [-0.05, 0) is 44.5 Å². The average Bonchev–Trinajstić information content (AvgIpc) is 3.02. The van der Waals surface area contributed by atoms with E-state index in [9.17, 15) is 9.65 Å². The van der Waals surface area contributed by atoms with Crippen molar-refractivity contribution in [1.29, 1.82) is 10.5 Å². The number of hydrogen-bond donors (Lipinski definition) is 0. The topological polar surface area (TPSA) is 63.7 Å². The van der Waals surface area contributed by atoms with Gasteiger partial charge in [-0.3, -0.25) is 0 Å². The zero-order valence-corrected chi connectivity index (χ0v) is 14.2. The first-order valence-corrected chi connectivity index (χ1v) is 9.06. The van der Waals surface area contributed by atoms with E-state index in [2.05, 4.69) is 22.0 Å². The third kappa shape index (κ3) is 3.90. The molecule has 2 aromatic rings. The highest BCUT2D eigenvalue weighted by Gasteiger charge is 2.24. The minimum Gasteiger partial charge on any atom is -0.302 e. The summed E-state index contributed by atoms with van der Waals surface area (Å²) in [7, 11) is 0. The minimum atomic E-state index is -0.242. The third-order valence-electron chi connectivity index (χ3n) is 4.57. The molecule has 0 radical (unpaired) electrons. The summed E-state index contributed by atoms with van der Waals surface area (Å²) in [6.07, 6.45) is 3.12. The first-order chi connectivity index (χ1) is 11.7. The van der Waals surface area contributed by atoms with Crippen LogP contribution in [0.3, 0.4) is 0 Å². The number of fused-ring (bicyclic) bond motifs is 1. The number of nitriles is 2. The summed E-state index contributed by atoms with van der Waals surface area (Å²) in [6, 6.07) is 9.20. The van der Waals surface area contributed by atoms with Crippen LogP contribution in [0.15, 0.2) is 18.2 Å². The number of likely N-dealkylation sites (tertiary alicyclic amines) is 1. The number of benzene rings is 1. The second-order valence-corrected chi connectivity index (χ2v) is 7.32. The molecule has 6 heteroatoms. The molecular weight excluding hydrogens is 323 g/mol. The molecular formula is C18H19FN4S. The van der Waals surface area contributed by atoms with Crippen LogP contribution in [0.2, 0.25) is 0 Å². The van der Waals surface area contributed by atoms with Crippen LogP contribution < -0.4 is 0 Å². The van der Waals surface area contributed by atoms with Crippen molar-refractivity contribution in [2.24, 2.45) is 5.92 Å². The normalized spacial score (nSPS) is 17.5. The predicted octanol–water partition coefficient (Wildman–Crippen LogP) is 4.06. The van der Waals surface area contributed by atoms with Crippen LogP contribution in [-0.2, 0) is 0 Å². The Bertz CT molecular complexity index is 780. The summed E-state index contributed by atoms with van der Waals surface area (Å²) in [5.41, 5.74) is 0.749. The molecule has 2 heterocycles. The summed E-state index contributed by atoms with van der Waals surface area (Å²) in [6.45, 7) is 2.63. The van der Waals surface area contributed by atoms with Crippen molar-refractivity contribution in [1.82, 2.24) is 9.88 Å². The van der Waals surface area contributed by atoms with E-state index in [1.54, 1.807) is 17.4 Å². The van der Waals surface area contributed by atoms with Gasteiger partial charge in [0.2, 0.25) is 0 Å². The van der Waals surface area contributed by atoms with Crippen molar-refractivity contribution in [3.8, 4) is 12.1 Å². The van der Waals surface area contributed by atoms with E-state index in [1.807, 2.05) is 0 Å². The first-order valence-electron chi connectivity index (χ1n) is 8.24. The fourth-order valence-electron chi connectivity index (χ4n) is 3.20. The quantitative estimate of drug-likeness (QED) is 0.822. The first kappa shape index (κ1) is 16.8. The SMILES string of the molecule is N#CCCC(C#N)CN1CCC(c2nc3cc(F)ccc3s2)CC1. The number of rotatable bonds is 5. The fourth-order valence-corrected chi connectivity index (χ4v) is 4.32. The van der Waals surface area contributed by atoms with Crippen LogP contribution in [-0.4, -0.2) is 29.5 Å². The summed E-state index contributed by atoms with van der Waals surface area (Å²) >= 11 is 1.66. The Labute approximate surface area is 145 Å². The van der Waals surface area contributed by atoms with Gasteiger partial charge in [0.1, 0.15) is 5.82 Å². The van der Waals surface area contributed by atoms with E-state index in [1.165, 1.54) is 12.1 Å². The lowest BCUT2D eigenvalue weighted by Gasteiger charge is -2.32. The number of aromatic nitrogens is 1. The third-order valence-corrected chi connectivity index (χ3v) is 5.77. The average molecular weight is 342 g/mol. The van der Waals surface area contributed by atoms with Gasteiger partial charge in [-0.15, -0.1) is 11.3 Å². The van der Waals surface area contributed by atoms with E-state index in [0.717, 1.165) is 47.7 Å². The molecule has 0 amide bonds. The van der Waals surface area contributed by atoms with Crippen LogP contribution in [0.4, 0.5) is 4.39 Å². The van der Waals surface area contributed by atoms with Gasteiger partial charge >= 0.3 is 0 Å². The van der Waals surface area contributed by atoms with Crippen LogP contribution in [0.1, 0.15) is 36.6 Å². The Morgan fingerprint density at radius 3 is 2.83 bits per heavy atom. The largest absolute Gasteiger partial charge is 0.302 e. The molecule has 1 unspecified atom stereocenters. The maximum absolute atomic E-state index is 13.3. The monoisotopic (exact) mass is 342 g/mol. The second kappa shape index (κ2) is 7.70. The lowest BCUT2D eigenvalue weighted by molar-refractivity contribution is 0.193. The van der Waals surface area contributed by atoms with Gasteiger partial charge in [-0.1, -0.05) is 0 Å². The Balaban J connectivity index is 1.58. The Morgan fingerprint density at radius 1 is 1.33 bits per heavy atom. The molecule has 3 rings (SSSR count). The summed E-state index contributed by atoms with van der Waals surface area (Å²) in [5, 5.41) is 18.9. The molecule has 1 aliphatic rings. The molecule has 124 valence electrons. The summed E-state index contributed by atoms with van der Waals surface area (Å²) in [4.78, 5) is 6.93.